The largest absolute Gasteiger partial charge is 0.322 e. The van der Waals surface area contributed by atoms with Crippen LogP contribution in [-0.2, 0) is 9.05 Å². The van der Waals surface area contributed by atoms with Crippen molar-refractivity contribution in [1.82, 2.24) is 4.67 Å². The highest BCUT2D eigenvalue weighted by molar-refractivity contribution is 7.44. The van der Waals surface area contributed by atoms with Crippen LogP contribution in [0.4, 0.5) is 0 Å². The van der Waals surface area contributed by atoms with Gasteiger partial charge < -0.3 is 9.05 Å². The SMILES string of the molecule is CCCCOP(OCCCC)N(C)C(C)C. The van der Waals surface area contributed by atoms with E-state index in [2.05, 4.69) is 39.4 Å². The lowest BCUT2D eigenvalue weighted by molar-refractivity contribution is 0.198. The van der Waals surface area contributed by atoms with Gasteiger partial charge in [0.05, 0.1) is 13.2 Å². The van der Waals surface area contributed by atoms with Crippen LogP contribution in [0.3, 0.4) is 0 Å². The summed E-state index contributed by atoms with van der Waals surface area (Å²) in [6, 6.07) is 0.467. The molecule has 0 rings (SSSR count). The zero-order valence-corrected chi connectivity index (χ0v) is 12.4. The van der Waals surface area contributed by atoms with E-state index in [0.29, 0.717) is 6.04 Å². The Hall–Kier alpha value is 0.310. The Kier molecular flexibility index (Phi) is 10.7. The standard InChI is InChI=1S/C12H28NO2P/c1-6-8-10-14-16(13(5)12(3)4)15-11-9-7-2/h12H,6-11H2,1-5H3. The third-order valence-electron chi connectivity index (χ3n) is 2.40. The molecule has 0 aromatic rings. The minimum Gasteiger partial charge on any atom is -0.322 e. The van der Waals surface area contributed by atoms with Crippen LogP contribution in [-0.4, -0.2) is 31.0 Å². The molecule has 0 unspecified atom stereocenters. The lowest BCUT2D eigenvalue weighted by Gasteiger charge is -2.29. The van der Waals surface area contributed by atoms with E-state index in [1.54, 1.807) is 0 Å². The summed E-state index contributed by atoms with van der Waals surface area (Å²) in [5.74, 6) is 0. The van der Waals surface area contributed by atoms with Crippen molar-refractivity contribution in [2.24, 2.45) is 0 Å². The van der Waals surface area contributed by atoms with E-state index in [1.165, 1.54) is 12.8 Å². The van der Waals surface area contributed by atoms with Gasteiger partial charge in [-0.1, -0.05) is 26.7 Å². The number of unbranched alkanes of at least 4 members (excludes halogenated alkanes) is 2. The molecule has 0 aliphatic heterocycles. The van der Waals surface area contributed by atoms with Crippen molar-refractivity contribution < 1.29 is 9.05 Å². The fourth-order valence-electron chi connectivity index (χ4n) is 0.982. The molecule has 0 spiro atoms. The Morgan fingerprint density at radius 3 is 1.75 bits per heavy atom. The van der Waals surface area contributed by atoms with Crippen LogP contribution < -0.4 is 0 Å². The molecule has 0 aliphatic carbocycles. The third kappa shape index (κ3) is 7.56. The van der Waals surface area contributed by atoms with E-state index in [0.717, 1.165) is 26.1 Å². The Bertz CT molecular complexity index is 146. The van der Waals surface area contributed by atoms with Gasteiger partial charge in [-0.2, -0.15) is 0 Å². The van der Waals surface area contributed by atoms with Gasteiger partial charge in [-0.15, -0.1) is 0 Å². The Balaban J connectivity index is 3.94. The van der Waals surface area contributed by atoms with Gasteiger partial charge in [0.2, 0.25) is 0 Å². The van der Waals surface area contributed by atoms with Gasteiger partial charge in [0, 0.05) is 6.04 Å². The summed E-state index contributed by atoms with van der Waals surface area (Å²) in [6.45, 7) is 10.3. The zero-order chi connectivity index (χ0) is 12.4. The minimum atomic E-state index is -0.851. The van der Waals surface area contributed by atoms with Crippen LogP contribution in [0.25, 0.3) is 0 Å². The van der Waals surface area contributed by atoms with Crippen LogP contribution in [0.2, 0.25) is 0 Å². The monoisotopic (exact) mass is 249 g/mol. The van der Waals surface area contributed by atoms with Crippen molar-refractivity contribution in [1.29, 1.82) is 0 Å². The van der Waals surface area contributed by atoms with E-state index in [9.17, 15) is 0 Å². The lowest BCUT2D eigenvalue weighted by Crippen LogP contribution is -2.23. The van der Waals surface area contributed by atoms with Crippen LogP contribution in [0.15, 0.2) is 0 Å². The minimum absolute atomic E-state index is 0.467. The summed E-state index contributed by atoms with van der Waals surface area (Å²) in [5.41, 5.74) is 0. The van der Waals surface area contributed by atoms with Crippen molar-refractivity contribution >= 4 is 8.53 Å². The average molecular weight is 249 g/mol. The number of nitrogens with zero attached hydrogens (tertiary/aromatic N) is 1. The van der Waals surface area contributed by atoms with Crippen molar-refractivity contribution in [3.8, 4) is 0 Å². The van der Waals surface area contributed by atoms with Crippen LogP contribution >= 0.6 is 8.53 Å². The molecule has 98 valence electrons. The molecular formula is C12H28NO2P. The summed E-state index contributed by atoms with van der Waals surface area (Å²) in [7, 11) is 1.23. The molecule has 0 aromatic carbocycles. The fraction of sp³-hybridized carbons (Fsp3) is 1.00. The number of rotatable bonds is 10. The Morgan fingerprint density at radius 1 is 1.00 bits per heavy atom. The van der Waals surface area contributed by atoms with Gasteiger partial charge in [0.1, 0.15) is 0 Å². The first-order valence-corrected chi connectivity index (χ1v) is 7.55. The van der Waals surface area contributed by atoms with E-state index >= 15 is 0 Å². The number of hydrogen-bond acceptors (Lipinski definition) is 3. The predicted molar refractivity (Wildman–Crippen MR) is 71.5 cm³/mol. The van der Waals surface area contributed by atoms with Gasteiger partial charge >= 0.3 is 0 Å². The average Bonchev–Trinajstić information content (AvgIpc) is 2.26. The quantitative estimate of drug-likeness (QED) is 0.428. The van der Waals surface area contributed by atoms with Gasteiger partial charge in [0.25, 0.3) is 8.53 Å². The van der Waals surface area contributed by atoms with E-state index < -0.39 is 8.53 Å². The van der Waals surface area contributed by atoms with Crippen molar-refractivity contribution in [2.75, 3.05) is 20.3 Å². The molecule has 0 atom stereocenters. The van der Waals surface area contributed by atoms with E-state index in [1.807, 2.05) is 0 Å². The molecule has 16 heavy (non-hydrogen) atoms. The molecule has 0 N–H and O–H groups in total. The molecule has 0 bridgehead atoms. The molecule has 4 heteroatoms. The summed E-state index contributed by atoms with van der Waals surface area (Å²) in [6.07, 6.45) is 4.57. The van der Waals surface area contributed by atoms with Gasteiger partial charge in [-0.25, -0.2) is 4.67 Å². The second-order valence-corrected chi connectivity index (χ2v) is 5.90. The maximum atomic E-state index is 5.82. The van der Waals surface area contributed by atoms with Crippen LogP contribution in [0.1, 0.15) is 53.4 Å². The molecule has 3 nitrogen and oxygen atoms in total. The second kappa shape index (κ2) is 10.5. The van der Waals surface area contributed by atoms with Gasteiger partial charge in [-0.3, -0.25) is 0 Å². The number of hydrogen-bond donors (Lipinski definition) is 0. The first kappa shape index (κ1) is 16.3. The molecule has 0 amide bonds. The van der Waals surface area contributed by atoms with Crippen LogP contribution in [0, 0.1) is 0 Å². The van der Waals surface area contributed by atoms with E-state index in [4.69, 9.17) is 9.05 Å². The van der Waals surface area contributed by atoms with Gasteiger partial charge in [0.15, 0.2) is 0 Å². The summed E-state index contributed by atoms with van der Waals surface area (Å²) < 4.78 is 13.8. The molecule has 0 saturated heterocycles. The normalized spacial score (nSPS) is 12.0. The first-order chi connectivity index (χ1) is 7.63. The zero-order valence-electron chi connectivity index (χ0n) is 11.5. The molecule has 0 saturated carbocycles. The predicted octanol–water partition coefficient (Wildman–Crippen LogP) is 4.19. The molecular weight excluding hydrogens is 221 g/mol. The lowest BCUT2D eigenvalue weighted by atomic mass is 10.4. The summed E-state index contributed by atoms with van der Waals surface area (Å²) in [5, 5.41) is 0. The van der Waals surface area contributed by atoms with Crippen LogP contribution in [0.5, 0.6) is 0 Å². The highest BCUT2D eigenvalue weighted by Gasteiger charge is 2.19. The first-order valence-electron chi connectivity index (χ1n) is 6.42. The molecule has 0 heterocycles. The van der Waals surface area contributed by atoms with Gasteiger partial charge in [-0.05, 0) is 33.7 Å². The van der Waals surface area contributed by atoms with Crippen molar-refractivity contribution in [2.45, 2.75) is 59.4 Å². The Morgan fingerprint density at radius 2 is 1.44 bits per heavy atom. The topological polar surface area (TPSA) is 21.7 Å². The molecule has 0 aromatic heterocycles. The van der Waals surface area contributed by atoms with Crippen molar-refractivity contribution in [3.63, 3.8) is 0 Å². The maximum absolute atomic E-state index is 5.82. The third-order valence-corrected chi connectivity index (χ3v) is 4.19. The highest BCUT2D eigenvalue weighted by Crippen LogP contribution is 2.43. The molecule has 0 radical (unpaired) electrons. The smallest absolute Gasteiger partial charge is 0.258 e. The summed E-state index contributed by atoms with van der Waals surface area (Å²) in [4.78, 5) is 0. The summed E-state index contributed by atoms with van der Waals surface area (Å²) >= 11 is 0. The fourth-order valence-corrected chi connectivity index (χ4v) is 2.37. The molecule has 0 fully saturated rings. The Labute approximate surface area is 102 Å². The highest BCUT2D eigenvalue weighted by atomic mass is 31.2. The second-order valence-electron chi connectivity index (χ2n) is 4.28. The van der Waals surface area contributed by atoms with Crippen molar-refractivity contribution in [3.05, 3.63) is 0 Å². The maximum Gasteiger partial charge on any atom is 0.258 e. The van der Waals surface area contributed by atoms with E-state index in [-0.39, 0.29) is 0 Å². The molecule has 0 aliphatic rings.